The largest absolute Gasteiger partial charge is 0.252 e. The van der Waals surface area contributed by atoms with Crippen LogP contribution in [-0.2, 0) is 6.54 Å². The second kappa shape index (κ2) is 7.33. The van der Waals surface area contributed by atoms with Crippen LogP contribution < -0.4 is 0 Å². The van der Waals surface area contributed by atoms with Crippen molar-refractivity contribution in [1.29, 1.82) is 0 Å². The van der Waals surface area contributed by atoms with Crippen LogP contribution in [0.3, 0.4) is 0 Å². The minimum absolute atomic E-state index is 0.284. The summed E-state index contributed by atoms with van der Waals surface area (Å²) in [5, 5.41) is 7.86. The van der Waals surface area contributed by atoms with Crippen LogP contribution in [0.2, 0.25) is 10.0 Å². The van der Waals surface area contributed by atoms with Gasteiger partial charge in [0.05, 0.1) is 0 Å². The van der Waals surface area contributed by atoms with E-state index in [9.17, 15) is 0 Å². The molecule has 0 N–H and O–H groups in total. The Kier molecular flexibility index (Phi) is 5.19. The van der Waals surface area contributed by atoms with E-state index in [-0.39, 0.29) is 5.92 Å². The van der Waals surface area contributed by atoms with E-state index in [0.29, 0.717) is 5.02 Å². The SMILES string of the molecule is CCCCC(Cn1cncn1)c1c(Cl)cc(Cl)c2ccccc12. The minimum atomic E-state index is 0.284. The highest BCUT2D eigenvalue weighted by molar-refractivity contribution is 6.39. The molecule has 0 aliphatic carbocycles. The van der Waals surface area contributed by atoms with E-state index in [4.69, 9.17) is 23.2 Å². The summed E-state index contributed by atoms with van der Waals surface area (Å²) in [6.07, 6.45) is 6.68. The third-order valence-electron chi connectivity index (χ3n) is 4.17. The molecular weight excluding hydrogens is 329 g/mol. The highest BCUT2D eigenvalue weighted by Crippen LogP contribution is 2.39. The maximum absolute atomic E-state index is 6.59. The standard InChI is InChI=1S/C18H19Cl2N3/c1-2-3-6-13(10-23-12-21-11-22-23)18-15-8-5-4-7-14(15)16(19)9-17(18)20/h4-5,7-9,11-13H,2-3,6,10H2,1H3. The first-order valence-electron chi connectivity index (χ1n) is 7.89. The van der Waals surface area contributed by atoms with Gasteiger partial charge in [0.25, 0.3) is 0 Å². The van der Waals surface area contributed by atoms with Crippen molar-refractivity contribution in [3.8, 4) is 0 Å². The van der Waals surface area contributed by atoms with Crippen LogP contribution in [0.15, 0.2) is 43.0 Å². The second-order valence-electron chi connectivity index (χ2n) is 5.76. The normalized spacial score (nSPS) is 12.7. The van der Waals surface area contributed by atoms with Gasteiger partial charge in [-0.1, -0.05) is 67.2 Å². The van der Waals surface area contributed by atoms with Gasteiger partial charge in [-0.2, -0.15) is 5.10 Å². The fourth-order valence-corrected chi connectivity index (χ4v) is 3.76. The quantitative estimate of drug-likeness (QED) is 0.571. The van der Waals surface area contributed by atoms with Gasteiger partial charge in [-0.15, -0.1) is 0 Å². The van der Waals surface area contributed by atoms with Crippen LogP contribution in [-0.4, -0.2) is 14.8 Å². The van der Waals surface area contributed by atoms with E-state index in [1.54, 1.807) is 12.7 Å². The highest BCUT2D eigenvalue weighted by atomic mass is 35.5. The monoisotopic (exact) mass is 347 g/mol. The van der Waals surface area contributed by atoms with Gasteiger partial charge in [-0.3, -0.25) is 4.68 Å². The average molecular weight is 348 g/mol. The Labute approximate surface area is 146 Å². The van der Waals surface area contributed by atoms with Crippen molar-refractivity contribution in [2.45, 2.75) is 38.6 Å². The molecule has 0 aliphatic rings. The summed E-state index contributed by atoms with van der Waals surface area (Å²) in [5.74, 6) is 0.284. The molecule has 0 saturated heterocycles. The van der Waals surface area contributed by atoms with Gasteiger partial charge in [0.15, 0.2) is 0 Å². The van der Waals surface area contributed by atoms with E-state index in [0.717, 1.165) is 47.2 Å². The predicted molar refractivity (Wildman–Crippen MR) is 96.3 cm³/mol. The van der Waals surface area contributed by atoms with Crippen molar-refractivity contribution < 1.29 is 0 Å². The summed E-state index contributed by atoms with van der Waals surface area (Å²) in [4.78, 5) is 4.05. The molecule has 5 heteroatoms. The summed E-state index contributed by atoms with van der Waals surface area (Å²) in [5.41, 5.74) is 1.16. The first kappa shape index (κ1) is 16.3. The Hall–Kier alpha value is -1.58. The van der Waals surface area contributed by atoms with E-state index in [1.807, 2.05) is 28.9 Å². The molecule has 1 heterocycles. The van der Waals surface area contributed by atoms with Gasteiger partial charge in [0.2, 0.25) is 0 Å². The molecule has 0 bridgehead atoms. The molecule has 2 aromatic carbocycles. The molecule has 0 fully saturated rings. The van der Waals surface area contributed by atoms with Gasteiger partial charge in [-0.05, 0) is 23.4 Å². The molecule has 0 amide bonds. The molecule has 1 unspecified atom stereocenters. The summed E-state index contributed by atoms with van der Waals surface area (Å²) in [6.45, 7) is 2.97. The fourth-order valence-electron chi connectivity index (χ4n) is 3.07. The topological polar surface area (TPSA) is 30.7 Å². The van der Waals surface area contributed by atoms with Crippen LogP contribution in [0.4, 0.5) is 0 Å². The number of benzene rings is 2. The molecular formula is C18H19Cl2N3. The van der Waals surface area contributed by atoms with Crippen LogP contribution in [0.25, 0.3) is 10.8 Å². The Bertz CT molecular complexity index is 784. The molecule has 1 aromatic heterocycles. The number of nitrogens with zero attached hydrogens (tertiary/aromatic N) is 3. The number of rotatable bonds is 6. The maximum atomic E-state index is 6.59. The maximum Gasteiger partial charge on any atom is 0.137 e. The average Bonchev–Trinajstić information content (AvgIpc) is 3.05. The number of hydrogen-bond acceptors (Lipinski definition) is 2. The van der Waals surface area contributed by atoms with Crippen LogP contribution >= 0.6 is 23.2 Å². The summed E-state index contributed by atoms with van der Waals surface area (Å²) in [7, 11) is 0. The van der Waals surface area contributed by atoms with Gasteiger partial charge in [0, 0.05) is 27.9 Å². The smallest absolute Gasteiger partial charge is 0.137 e. The van der Waals surface area contributed by atoms with Crippen molar-refractivity contribution in [2.75, 3.05) is 0 Å². The van der Waals surface area contributed by atoms with Crippen LogP contribution in [0.5, 0.6) is 0 Å². The zero-order valence-electron chi connectivity index (χ0n) is 13.0. The Balaban J connectivity index is 2.09. The molecule has 3 nitrogen and oxygen atoms in total. The zero-order chi connectivity index (χ0) is 16.2. The van der Waals surface area contributed by atoms with Crippen molar-refractivity contribution in [3.05, 3.63) is 58.6 Å². The molecule has 1 atom stereocenters. The lowest BCUT2D eigenvalue weighted by Crippen LogP contribution is -2.11. The highest BCUT2D eigenvalue weighted by Gasteiger charge is 2.20. The molecule has 0 saturated carbocycles. The lowest BCUT2D eigenvalue weighted by Gasteiger charge is -2.21. The van der Waals surface area contributed by atoms with Gasteiger partial charge >= 0.3 is 0 Å². The number of halogens is 2. The van der Waals surface area contributed by atoms with Gasteiger partial charge in [0.1, 0.15) is 12.7 Å². The fraction of sp³-hybridized carbons (Fsp3) is 0.333. The summed E-state index contributed by atoms with van der Waals surface area (Å²) >= 11 is 13.0. The van der Waals surface area contributed by atoms with E-state index in [2.05, 4.69) is 23.1 Å². The number of aromatic nitrogens is 3. The molecule has 0 aliphatic heterocycles. The Morgan fingerprint density at radius 2 is 1.91 bits per heavy atom. The first-order valence-corrected chi connectivity index (χ1v) is 8.65. The van der Waals surface area contributed by atoms with Gasteiger partial charge < -0.3 is 0 Å². The molecule has 0 spiro atoms. The van der Waals surface area contributed by atoms with E-state index in [1.165, 1.54) is 0 Å². The van der Waals surface area contributed by atoms with Crippen molar-refractivity contribution in [3.63, 3.8) is 0 Å². The lowest BCUT2D eigenvalue weighted by atomic mass is 9.89. The Morgan fingerprint density at radius 3 is 2.61 bits per heavy atom. The molecule has 0 radical (unpaired) electrons. The van der Waals surface area contributed by atoms with Crippen LogP contribution in [0.1, 0.15) is 37.7 Å². The lowest BCUT2D eigenvalue weighted by molar-refractivity contribution is 0.476. The third-order valence-corrected chi connectivity index (χ3v) is 4.80. The number of hydrogen-bond donors (Lipinski definition) is 0. The molecule has 3 rings (SSSR count). The molecule has 3 aromatic rings. The van der Waals surface area contributed by atoms with Crippen LogP contribution in [0, 0.1) is 0 Å². The first-order chi connectivity index (χ1) is 11.2. The van der Waals surface area contributed by atoms with Crippen molar-refractivity contribution in [1.82, 2.24) is 14.8 Å². The third kappa shape index (κ3) is 3.51. The Morgan fingerprint density at radius 1 is 1.13 bits per heavy atom. The number of fused-ring (bicyclic) bond motifs is 1. The van der Waals surface area contributed by atoms with Gasteiger partial charge in [-0.25, -0.2) is 4.98 Å². The molecule has 120 valence electrons. The van der Waals surface area contributed by atoms with E-state index < -0.39 is 0 Å². The summed E-state index contributed by atoms with van der Waals surface area (Å²) < 4.78 is 1.88. The van der Waals surface area contributed by atoms with E-state index >= 15 is 0 Å². The van der Waals surface area contributed by atoms with Crippen molar-refractivity contribution >= 4 is 34.0 Å². The zero-order valence-corrected chi connectivity index (χ0v) is 14.6. The predicted octanol–water partition coefficient (Wildman–Crippen LogP) is 5.71. The minimum Gasteiger partial charge on any atom is -0.252 e. The molecule has 23 heavy (non-hydrogen) atoms. The summed E-state index contributed by atoms with van der Waals surface area (Å²) in [6, 6.07) is 10.0. The number of unbranched alkanes of at least 4 members (excludes halogenated alkanes) is 1. The van der Waals surface area contributed by atoms with Crippen molar-refractivity contribution in [2.24, 2.45) is 0 Å². The second-order valence-corrected chi connectivity index (χ2v) is 6.57.